The second-order valence-corrected chi connectivity index (χ2v) is 6.73. The van der Waals surface area contributed by atoms with Gasteiger partial charge in [-0.15, -0.1) is 0 Å². The third kappa shape index (κ3) is 3.82. The quantitative estimate of drug-likeness (QED) is 0.910. The van der Waals surface area contributed by atoms with Gasteiger partial charge in [0.15, 0.2) is 0 Å². The van der Waals surface area contributed by atoms with Crippen LogP contribution in [0.5, 0.6) is 0 Å². The normalized spacial score (nSPS) is 18.2. The average Bonchev–Trinajstić information content (AvgIpc) is 3.09. The number of hydrogen-bond donors (Lipinski definition) is 1. The number of hydrogen-bond acceptors (Lipinski definition) is 4. The highest BCUT2D eigenvalue weighted by atomic mass is 16.3. The van der Waals surface area contributed by atoms with E-state index in [0.29, 0.717) is 17.8 Å². The molecule has 3 rings (SSSR count). The van der Waals surface area contributed by atoms with Crippen molar-refractivity contribution in [3.8, 4) is 0 Å². The third-order valence-corrected chi connectivity index (χ3v) is 4.76. The summed E-state index contributed by atoms with van der Waals surface area (Å²) in [4.78, 5) is 21.2. The van der Waals surface area contributed by atoms with Crippen molar-refractivity contribution in [2.75, 3.05) is 25.5 Å². The van der Waals surface area contributed by atoms with E-state index in [-0.39, 0.29) is 11.9 Å². The zero-order chi connectivity index (χ0) is 17.8. The SMILES string of the molecule is CN(C)c1ncccc1C(=O)N1CCCC1CC(O)c1ccccc1. The van der Waals surface area contributed by atoms with E-state index in [1.165, 1.54) is 0 Å². The molecule has 1 amide bonds. The summed E-state index contributed by atoms with van der Waals surface area (Å²) < 4.78 is 0. The highest BCUT2D eigenvalue weighted by Gasteiger charge is 2.32. The Kier molecular flexibility index (Phi) is 5.34. The Balaban J connectivity index is 1.76. The monoisotopic (exact) mass is 339 g/mol. The zero-order valence-corrected chi connectivity index (χ0v) is 14.8. The number of aliphatic hydroxyl groups excluding tert-OH is 1. The first-order valence-corrected chi connectivity index (χ1v) is 8.74. The summed E-state index contributed by atoms with van der Waals surface area (Å²) in [5.74, 6) is 0.682. The molecule has 2 heterocycles. The van der Waals surface area contributed by atoms with Crippen LogP contribution >= 0.6 is 0 Å². The van der Waals surface area contributed by atoms with Gasteiger partial charge >= 0.3 is 0 Å². The fourth-order valence-electron chi connectivity index (χ4n) is 3.49. The molecule has 0 radical (unpaired) electrons. The maximum absolute atomic E-state index is 13.1. The van der Waals surface area contributed by atoms with E-state index >= 15 is 0 Å². The number of carbonyl (C=O) groups is 1. The van der Waals surface area contributed by atoms with Crippen molar-refractivity contribution < 1.29 is 9.90 Å². The number of carbonyl (C=O) groups excluding carboxylic acids is 1. The number of aliphatic hydroxyl groups is 1. The molecular formula is C20H25N3O2. The van der Waals surface area contributed by atoms with E-state index in [9.17, 15) is 9.90 Å². The number of anilines is 1. The standard InChI is InChI=1S/C20H25N3O2/c1-22(2)19-17(11-6-12-21-19)20(25)23-13-7-10-16(23)14-18(24)15-8-4-3-5-9-15/h3-6,8-9,11-12,16,18,24H,7,10,13-14H2,1-2H3. The van der Waals surface area contributed by atoms with Crippen LogP contribution in [-0.4, -0.2) is 47.6 Å². The first-order chi connectivity index (χ1) is 12.1. The lowest BCUT2D eigenvalue weighted by Crippen LogP contribution is -2.37. The van der Waals surface area contributed by atoms with Crippen molar-refractivity contribution in [1.82, 2.24) is 9.88 Å². The Morgan fingerprint density at radius 3 is 2.76 bits per heavy atom. The predicted octanol–water partition coefficient (Wildman–Crippen LogP) is 2.88. The molecule has 1 N–H and O–H groups in total. The maximum atomic E-state index is 13.1. The molecule has 1 aliphatic rings. The van der Waals surface area contributed by atoms with Gasteiger partial charge in [0.25, 0.3) is 5.91 Å². The minimum Gasteiger partial charge on any atom is -0.388 e. The third-order valence-electron chi connectivity index (χ3n) is 4.76. The topological polar surface area (TPSA) is 56.7 Å². The van der Waals surface area contributed by atoms with E-state index in [0.717, 1.165) is 24.9 Å². The zero-order valence-electron chi connectivity index (χ0n) is 14.8. The van der Waals surface area contributed by atoms with Crippen molar-refractivity contribution in [3.05, 3.63) is 59.8 Å². The Morgan fingerprint density at radius 2 is 2.04 bits per heavy atom. The molecule has 1 aromatic heterocycles. The Bertz CT molecular complexity index is 718. The van der Waals surface area contributed by atoms with Crippen LogP contribution < -0.4 is 4.90 Å². The van der Waals surface area contributed by atoms with E-state index in [4.69, 9.17) is 0 Å². The number of likely N-dealkylation sites (tertiary alicyclic amines) is 1. The molecule has 0 aliphatic carbocycles. The maximum Gasteiger partial charge on any atom is 0.257 e. The summed E-state index contributed by atoms with van der Waals surface area (Å²) in [5.41, 5.74) is 1.52. The number of rotatable bonds is 5. The minimum absolute atomic E-state index is 0.000406. The molecule has 1 saturated heterocycles. The van der Waals surface area contributed by atoms with Gasteiger partial charge in [-0.3, -0.25) is 4.79 Å². The van der Waals surface area contributed by atoms with Gasteiger partial charge in [0.05, 0.1) is 11.7 Å². The Hall–Kier alpha value is -2.40. The smallest absolute Gasteiger partial charge is 0.257 e. The van der Waals surface area contributed by atoms with Crippen LogP contribution in [0.1, 0.15) is 41.3 Å². The van der Waals surface area contributed by atoms with Crippen molar-refractivity contribution in [3.63, 3.8) is 0 Å². The molecule has 132 valence electrons. The summed E-state index contributed by atoms with van der Waals surface area (Å²) in [6, 6.07) is 13.3. The number of benzene rings is 1. The highest BCUT2D eigenvalue weighted by molar-refractivity contribution is 5.99. The van der Waals surface area contributed by atoms with Gasteiger partial charge in [-0.25, -0.2) is 4.98 Å². The lowest BCUT2D eigenvalue weighted by Gasteiger charge is -2.28. The van der Waals surface area contributed by atoms with Crippen molar-refractivity contribution in [1.29, 1.82) is 0 Å². The van der Waals surface area contributed by atoms with Crippen LogP contribution in [0.2, 0.25) is 0 Å². The van der Waals surface area contributed by atoms with E-state index in [1.807, 2.05) is 60.3 Å². The molecule has 1 aliphatic heterocycles. The molecule has 1 fully saturated rings. The fraction of sp³-hybridized carbons (Fsp3) is 0.400. The van der Waals surface area contributed by atoms with Gasteiger partial charge in [0.1, 0.15) is 5.82 Å². The van der Waals surface area contributed by atoms with Crippen molar-refractivity contribution in [2.24, 2.45) is 0 Å². The summed E-state index contributed by atoms with van der Waals surface area (Å²) in [6.07, 6.45) is 3.60. The fourth-order valence-corrected chi connectivity index (χ4v) is 3.49. The summed E-state index contributed by atoms with van der Waals surface area (Å²) in [6.45, 7) is 0.729. The molecule has 2 unspecified atom stereocenters. The van der Waals surface area contributed by atoms with Crippen molar-refractivity contribution in [2.45, 2.75) is 31.4 Å². The van der Waals surface area contributed by atoms with Crippen molar-refractivity contribution >= 4 is 11.7 Å². The highest BCUT2D eigenvalue weighted by Crippen LogP contribution is 2.29. The lowest BCUT2D eigenvalue weighted by atomic mass is 10.00. The summed E-state index contributed by atoms with van der Waals surface area (Å²) in [7, 11) is 3.78. The van der Waals surface area contributed by atoms with Gasteiger partial charge < -0.3 is 14.9 Å². The molecule has 5 nitrogen and oxygen atoms in total. The van der Waals surface area contributed by atoms with Crippen LogP contribution in [0.25, 0.3) is 0 Å². The second kappa shape index (κ2) is 7.66. The van der Waals surface area contributed by atoms with Crippen LogP contribution in [0.4, 0.5) is 5.82 Å². The number of nitrogens with zero attached hydrogens (tertiary/aromatic N) is 3. The van der Waals surface area contributed by atoms with Gasteiger partial charge in [-0.1, -0.05) is 30.3 Å². The summed E-state index contributed by atoms with van der Waals surface area (Å²) in [5, 5.41) is 10.5. The van der Waals surface area contributed by atoms with Gasteiger partial charge in [0.2, 0.25) is 0 Å². The molecule has 2 aromatic rings. The van der Waals surface area contributed by atoms with E-state index < -0.39 is 6.10 Å². The molecule has 1 aromatic carbocycles. The molecule has 2 atom stereocenters. The largest absolute Gasteiger partial charge is 0.388 e. The minimum atomic E-state index is -0.554. The number of pyridine rings is 1. The average molecular weight is 339 g/mol. The molecular weight excluding hydrogens is 314 g/mol. The predicted molar refractivity (Wildman–Crippen MR) is 98.6 cm³/mol. The van der Waals surface area contributed by atoms with Gasteiger partial charge in [-0.05, 0) is 37.0 Å². The molecule has 5 heteroatoms. The Morgan fingerprint density at radius 1 is 1.28 bits per heavy atom. The Labute approximate surface area is 148 Å². The van der Waals surface area contributed by atoms with Crippen LogP contribution in [-0.2, 0) is 0 Å². The van der Waals surface area contributed by atoms with Gasteiger partial charge in [-0.2, -0.15) is 0 Å². The van der Waals surface area contributed by atoms with E-state index in [2.05, 4.69) is 4.98 Å². The van der Waals surface area contributed by atoms with Crippen LogP contribution in [0, 0.1) is 0 Å². The second-order valence-electron chi connectivity index (χ2n) is 6.73. The molecule has 0 bridgehead atoms. The lowest BCUT2D eigenvalue weighted by molar-refractivity contribution is 0.0667. The molecule has 0 spiro atoms. The van der Waals surface area contributed by atoms with Crippen LogP contribution in [0.15, 0.2) is 48.7 Å². The molecule has 25 heavy (non-hydrogen) atoms. The van der Waals surface area contributed by atoms with E-state index in [1.54, 1.807) is 12.3 Å². The van der Waals surface area contributed by atoms with Gasteiger partial charge in [0, 0.05) is 32.9 Å². The number of aromatic nitrogens is 1. The first kappa shape index (κ1) is 17.4. The molecule has 0 saturated carbocycles. The number of amides is 1. The van der Waals surface area contributed by atoms with Crippen LogP contribution in [0.3, 0.4) is 0 Å². The summed E-state index contributed by atoms with van der Waals surface area (Å²) >= 11 is 0. The first-order valence-electron chi connectivity index (χ1n) is 8.74.